The van der Waals surface area contributed by atoms with Gasteiger partial charge in [0.15, 0.2) is 11.5 Å². The summed E-state index contributed by atoms with van der Waals surface area (Å²) in [6.45, 7) is 2.93. The molecule has 0 radical (unpaired) electrons. The maximum absolute atomic E-state index is 11.5. The van der Waals surface area contributed by atoms with Crippen molar-refractivity contribution in [2.24, 2.45) is 0 Å². The minimum atomic E-state index is -0.976. The van der Waals surface area contributed by atoms with Crippen LogP contribution in [0.15, 0.2) is 42.5 Å². The summed E-state index contributed by atoms with van der Waals surface area (Å²) in [6.07, 6.45) is 0.449. The van der Waals surface area contributed by atoms with Crippen molar-refractivity contribution in [2.75, 3.05) is 13.7 Å². The normalized spacial score (nSPS) is 10.3. The Kier molecular flexibility index (Phi) is 7.67. The fourth-order valence-corrected chi connectivity index (χ4v) is 2.49. The molecule has 0 heterocycles. The first kappa shape index (κ1) is 20.3. The van der Waals surface area contributed by atoms with Gasteiger partial charge in [-0.15, -0.1) is 0 Å². The predicted octanol–water partition coefficient (Wildman–Crippen LogP) is 3.11. The number of nitrogens with one attached hydrogen (secondary N) is 1. The van der Waals surface area contributed by atoms with Gasteiger partial charge in [0.2, 0.25) is 5.91 Å². The van der Waals surface area contributed by atoms with Gasteiger partial charge < -0.3 is 19.9 Å². The summed E-state index contributed by atoms with van der Waals surface area (Å²) >= 11 is 0. The highest BCUT2D eigenvalue weighted by Crippen LogP contribution is 2.29. The molecule has 27 heavy (non-hydrogen) atoms. The topological polar surface area (TPSA) is 84.9 Å². The van der Waals surface area contributed by atoms with Crippen molar-refractivity contribution in [3.63, 3.8) is 0 Å². The number of benzene rings is 2. The number of ether oxygens (including phenoxy) is 2. The van der Waals surface area contributed by atoms with Crippen LogP contribution in [-0.4, -0.2) is 30.6 Å². The van der Waals surface area contributed by atoms with E-state index in [1.807, 2.05) is 49.4 Å². The Morgan fingerprint density at radius 2 is 1.70 bits per heavy atom. The third kappa shape index (κ3) is 7.01. The average molecular weight is 371 g/mol. The maximum Gasteiger partial charge on any atom is 0.303 e. The number of amides is 1. The molecule has 0 atom stereocenters. The summed E-state index contributed by atoms with van der Waals surface area (Å²) in [5.41, 5.74) is 3.28. The number of carbonyl (C=O) groups is 2. The lowest BCUT2D eigenvalue weighted by molar-refractivity contribution is -0.138. The van der Waals surface area contributed by atoms with E-state index < -0.39 is 5.97 Å². The molecule has 2 aromatic rings. The molecule has 2 rings (SSSR count). The van der Waals surface area contributed by atoms with E-state index >= 15 is 0 Å². The highest BCUT2D eigenvalue weighted by molar-refractivity contribution is 5.80. The molecule has 6 nitrogen and oxygen atoms in total. The Labute approximate surface area is 159 Å². The van der Waals surface area contributed by atoms with Gasteiger partial charge in [-0.05, 0) is 36.6 Å². The molecule has 0 aliphatic carbocycles. The second kappa shape index (κ2) is 10.2. The quantitative estimate of drug-likeness (QED) is 0.670. The fraction of sp³-hybridized carbons (Fsp3) is 0.333. The van der Waals surface area contributed by atoms with Gasteiger partial charge >= 0.3 is 5.97 Å². The molecular formula is C21H25NO5. The molecule has 0 aliphatic heterocycles. The van der Waals surface area contributed by atoms with Crippen LogP contribution in [0.3, 0.4) is 0 Å². The molecule has 0 spiro atoms. The predicted molar refractivity (Wildman–Crippen MR) is 102 cm³/mol. The fourth-order valence-electron chi connectivity index (χ4n) is 2.49. The van der Waals surface area contributed by atoms with E-state index in [4.69, 9.17) is 14.6 Å². The van der Waals surface area contributed by atoms with Crippen molar-refractivity contribution in [2.45, 2.75) is 32.8 Å². The second-order valence-electron chi connectivity index (χ2n) is 6.25. The molecule has 0 saturated heterocycles. The summed E-state index contributed by atoms with van der Waals surface area (Å²) in [6, 6.07) is 13.8. The molecule has 0 aromatic heterocycles. The van der Waals surface area contributed by atoms with Crippen LogP contribution >= 0.6 is 0 Å². The first-order valence-electron chi connectivity index (χ1n) is 8.81. The van der Waals surface area contributed by atoms with Crippen LogP contribution in [0.25, 0.3) is 0 Å². The molecule has 144 valence electrons. The van der Waals surface area contributed by atoms with Crippen molar-refractivity contribution < 1.29 is 24.2 Å². The molecule has 1 amide bonds. The Hall–Kier alpha value is -3.02. The van der Waals surface area contributed by atoms with Crippen LogP contribution in [0.1, 0.15) is 29.5 Å². The van der Waals surface area contributed by atoms with Crippen molar-refractivity contribution in [3.8, 4) is 11.5 Å². The highest BCUT2D eigenvalue weighted by atomic mass is 16.5. The lowest BCUT2D eigenvalue weighted by Gasteiger charge is -2.13. The number of hydrogen-bond acceptors (Lipinski definition) is 4. The van der Waals surface area contributed by atoms with Gasteiger partial charge in [0.25, 0.3) is 0 Å². The minimum absolute atomic E-state index is 0.00948. The molecule has 0 aliphatic rings. The summed E-state index contributed by atoms with van der Waals surface area (Å²) in [5, 5.41) is 11.3. The summed E-state index contributed by atoms with van der Waals surface area (Å²) in [4.78, 5) is 22.0. The van der Waals surface area contributed by atoms with E-state index in [9.17, 15) is 9.59 Å². The Morgan fingerprint density at radius 3 is 2.37 bits per heavy atom. The third-order valence-corrected chi connectivity index (χ3v) is 4.04. The lowest BCUT2D eigenvalue weighted by atomic mass is 10.1. The Balaban J connectivity index is 1.86. The number of rotatable bonds is 10. The van der Waals surface area contributed by atoms with Crippen LogP contribution in [-0.2, 0) is 22.6 Å². The van der Waals surface area contributed by atoms with E-state index in [1.54, 1.807) is 7.11 Å². The maximum atomic E-state index is 11.5. The van der Waals surface area contributed by atoms with Crippen molar-refractivity contribution in [1.82, 2.24) is 5.32 Å². The molecule has 6 heteroatoms. The van der Waals surface area contributed by atoms with Gasteiger partial charge in [-0.1, -0.05) is 35.9 Å². The van der Waals surface area contributed by atoms with Gasteiger partial charge in [-0.25, -0.2) is 0 Å². The number of carboxylic acid groups (broad SMARTS) is 1. The van der Waals surface area contributed by atoms with E-state index in [2.05, 4.69) is 5.32 Å². The minimum Gasteiger partial charge on any atom is -0.493 e. The molecule has 0 unspecified atom stereocenters. The van der Waals surface area contributed by atoms with Gasteiger partial charge in [0.05, 0.1) is 13.5 Å². The summed E-state index contributed by atoms with van der Waals surface area (Å²) < 4.78 is 11.3. The molecule has 0 saturated carbocycles. The van der Waals surface area contributed by atoms with Crippen molar-refractivity contribution >= 4 is 11.9 Å². The monoisotopic (exact) mass is 371 g/mol. The van der Waals surface area contributed by atoms with Crippen molar-refractivity contribution in [3.05, 3.63) is 59.2 Å². The van der Waals surface area contributed by atoms with Gasteiger partial charge in [0, 0.05) is 13.0 Å². The Morgan fingerprint density at radius 1 is 1.00 bits per heavy atom. The zero-order valence-corrected chi connectivity index (χ0v) is 15.7. The number of carboxylic acids is 1. The van der Waals surface area contributed by atoms with Crippen LogP contribution < -0.4 is 14.8 Å². The summed E-state index contributed by atoms with van der Waals surface area (Å²) in [5.74, 6) is 0.0580. The highest BCUT2D eigenvalue weighted by Gasteiger charge is 2.08. The van der Waals surface area contributed by atoms with E-state index in [0.29, 0.717) is 31.1 Å². The Bertz CT molecular complexity index is 771. The standard InChI is InChI=1S/C21H25NO5/c1-15-3-5-17(6-4-15)14-27-18-8-7-16(13-19(18)26-2)11-12-22-20(23)9-10-21(24)25/h3-8,13H,9-12,14H2,1-2H3,(H,22,23)(H,24,25). The van der Waals surface area contributed by atoms with E-state index in [1.165, 1.54) is 5.56 Å². The van der Waals surface area contributed by atoms with Crippen LogP contribution in [0, 0.1) is 6.92 Å². The molecule has 0 fully saturated rings. The number of aliphatic carboxylic acids is 1. The first-order valence-corrected chi connectivity index (χ1v) is 8.81. The van der Waals surface area contributed by atoms with Crippen LogP contribution in [0.4, 0.5) is 0 Å². The van der Waals surface area contributed by atoms with Gasteiger partial charge in [-0.3, -0.25) is 9.59 Å². The third-order valence-electron chi connectivity index (χ3n) is 4.04. The molecule has 2 N–H and O–H groups in total. The SMILES string of the molecule is COc1cc(CCNC(=O)CCC(=O)O)ccc1OCc1ccc(C)cc1. The first-order chi connectivity index (χ1) is 13.0. The van der Waals surface area contributed by atoms with E-state index in [0.717, 1.165) is 11.1 Å². The number of aryl methyl sites for hydroxylation is 1. The van der Waals surface area contributed by atoms with Crippen LogP contribution in [0.5, 0.6) is 11.5 Å². The molecule has 2 aromatic carbocycles. The van der Waals surface area contributed by atoms with Gasteiger partial charge in [-0.2, -0.15) is 0 Å². The molecule has 0 bridgehead atoms. The second-order valence-corrected chi connectivity index (χ2v) is 6.25. The lowest BCUT2D eigenvalue weighted by Crippen LogP contribution is -2.26. The summed E-state index contributed by atoms with van der Waals surface area (Å²) in [7, 11) is 1.59. The average Bonchev–Trinajstić information content (AvgIpc) is 2.66. The number of methoxy groups -OCH3 is 1. The number of hydrogen-bond donors (Lipinski definition) is 2. The van der Waals surface area contributed by atoms with Gasteiger partial charge in [0.1, 0.15) is 6.61 Å². The smallest absolute Gasteiger partial charge is 0.303 e. The zero-order valence-electron chi connectivity index (χ0n) is 15.7. The van der Waals surface area contributed by atoms with Crippen molar-refractivity contribution in [1.29, 1.82) is 0 Å². The zero-order chi connectivity index (χ0) is 19.6. The number of carbonyl (C=O) groups excluding carboxylic acids is 1. The van der Waals surface area contributed by atoms with E-state index in [-0.39, 0.29) is 18.7 Å². The van der Waals surface area contributed by atoms with Crippen LogP contribution in [0.2, 0.25) is 0 Å². The molecular weight excluding hydrogens is 346 g/mol. The largest absolute Gasteiger partial charge is 0.493 e.